The maximum absolute atomic E-state index is 14.1. The van der Waals surface area contributed by atoms with Crippen LogP contribution in [0.15, 0.2) is 78.9 Å². The number of hydrogen-bond donors (Lipinski definition) is 1. The fourth-order valence-corrected chi connectivity index (χ4v) is 6.10. The van der Waals surface area contributed by atoms with Crippen LogP contribution in [0, 0.1) is 0 Å². The Kier molecular flexibility index (Phi) is 4.24. The van der Waals surface area contributed by atoms with Crippen molar-refractivity contribution < 1.29 is 9.09 Å². The summed E-state index contributed by atoms with van der Waals surface area (Å²) in [5.41, 5.74) is 4.51. The Balaban J connectivity index is 1.58. The second-order valence-corrected chi connectivity index (χ2v) is 9.39. The van der Waals surface area contributed by atoms with Crippen LogP contribution in [0.25, 0.3) is 11.1 Å². The molecule has 0 bridgehead atoms. The predicted octanol–water partition coefficient (Wildman–Crippen LogP) is 5.43. The molecule has 1 atom stereocenters. The van der Waals surface area contributed by atoms with Crippen molar-refractivity contribution in [3.63, 3.8) is 0 Å². The Morgan fingerprint density at radius 2 is 1.33 bits per heavy atom. The van der Waals surface area contributed by atoms with Gasteiger partial charge in [0.25, 0.3) is 0 Å². The summed E-state index contributed by atoms with van der Waals surface area (Å²) in [5.74, 6) is 0. The number of rotatable bonds is 5. The van der Waals surface area contributed by atoms with Gasteiger partial charge in [0.15, 0.2) is 0 Å². The van der Waals surface area contributed by atoms with E-state index in [1.54, 1.807) is 0 Å². The van der Waals surface area contributed by atoms with E-state index in [0.29, 0.717) is 0 Å². The minimum atomic E-state index is -3.20. The second kappa shape index (κ2) is 6.76. The number of benzene rings is 3. The fourth-order valence-electron chi connectivity index (χ4n) is 3.94. The van der Waals surface area contributed by atoms with Gasteiger partial charge in [-0.15, -0.1) is 0 Å². The third-order valence-corrected chi connectivity index (χ3v) is 7.78. The molecule has 2 aliphatic rings. The lowest BCUT2D eigenvalue weighted by Gasteiger charge is -2.33. The summed E-state index contributed by atoms with van der Waals surface area (Å²) in [6, 6.07) is 26.4. The van der Waals surface area contributed by atoms with Gasteiger partial charge in [-0.3, -0.25) is 4.57 Å². The summed E-state index contributed by atoms with van der Waals surface area (Å²) in [7, 11) is -3.20. The molecule has 0 spiro atoms. The first-order valence-electron chi connectivity index (χ1n) is 9.55. The van der Waals surface area contributed by atoms with Crippen LogP contribution in [-0.2, 0) is 9.09 Å². The fraction of sp³-hybridized carbons (Fsp3) is 0.217. The molecule has 27 heavy (non-hydrogen) atoms. The van der Waals surface area contributed by atoms with Crippen LogP contribution in [0.4, 0.5) is 0 Å². The minimum Gasteiger partial charge on any atom is -0.301 e. The molecule has 0 saturated heterocycles. The van der Waals surface area contributed by atoms with E-state index in [2.05, 4.69) is 29.4 Å². The zero-order valence-electron chi connectivity index (χ0n) is 15.0. The SMILES string of the molecule is O=[P@](NC1CCC1)(OC1c2ccccc2-c2ccccc21)c1ccccc1. The molecule has 136 valence electrons. The average molecular weight is 375 g/mol. The highest BCUT2D eigenvalue weighted by Gasteiger charge is 2.38. The topological polar surface area (TPSA) is 38.3 Å². The van der Waals surface area contributed by atoms with E-state index in [0.717, 1.165) is 29.3 Å². The van der Waals surface area contributed by atoms with Gasteiger partial charge in [-0.1, -0.05) is 73.2 Å². The van der Waals surface area contributed by atoms with Crippen molar-refractivity contribution in [1.29, 1.82) is 0 Å². The zero-order valence-corrected chi connectivity index (χ0v) is 15.9. The molecular formula is C23H22NO2P. The van der Waals surface area contributed by atoms with E-state index in [1.807, 2.05) is 54.6 Å². The Hall–Kier alpha value is -2.19. The van der Waals surface area contributed by atoms with Crippen LogP contribution in [0.2, 0.25) is 0 Å². The van der Waals surface area contributed by atoms with Gasteiger partial charge in [-0.25, -0.2) is 5.09 Å². The minimum absolute atomic E-state index is 0.267. The molecule has 0 unspecified atom stereocenters. The lowest BCUT2D eigenvalue weighted by molar-refractivity contribution is 0.242. The van der Waals surface area contributed by atoms with Crippen LogP contribution in [0.1, 0.15) is 36.5 Å². The van der Waals surface area contributed by atoms with Gasteiger partial charge in [0.05, 0.1) is 5.30 Å². The Morgan fingerprint density at radius 3 is 1.89 bits per heavy atom. The van der Waals surface area contributed by atoms with Crippen molar-refractivity contribution in [3.8, 4) is 11.1 Å². The van der Waals surface area contributed by atoms with E-state index in [9.17, 15) is 4.57 Å². The average Bonchev–Trinajstić information content (AvgIpc) is 3.00. The molecule has 0 heterocycles. The molecule has 0 radical (unpaired) electrons. The molecule has 3 aromatic carbocycles. The molecule has 1 saturated carbocycles. The Labute approximate surface area is 159 Å². The monoisotopic (exact) mass is 375 g/mol. The maximum atomic E-state index is 14.1. The molecule has 3 nitrogen and oxygen atoms in total. The summed E-state index contributed by atoms with van der Waals surface area (Å²) in [6.07, 6.45) is 2.97. The zero-order chi connectivity index (χ0) is 18.3. The lowest BCUT2D eigenvalue weighted by Crippen LogP contribution is -2.36. The van der Waals surface area contributed by atoms with Crippen LogP contribution >= 0.6 is 7.52 Å². The molecule has 0 aliphatic heterocycles. The summed E-state index contributed by atoms with van der Waals surface area (Å²) < 4.78 is 20.5. The van der Waals surface area contributed by atoms with Gasteiger partial charge in [0.2, 0.25) is 0 Å². The van der Waals surface area contributed by atoms with E-state index in [-0.39, 0.29) is 12.1 Å². The third kappa shape index (κ3) is 2.96. The van der Waals surface area contributed by atoms with Crippen LogP contribution in [-0.4, -0.2) is 6.04 Å². The van der Waals surface area contributed by atoms with Gasteiger partial charge < -0.3 is 4.52 Å². The Morgan fingerprint density at radius 1 is 0.778 bits per heavy atom. The summed E-state index contributed by atoms with van der Waals surface area (Å²) in [5, 5.41) is 4.10. The van der Waals surface area contributed by atoms with Crippen LogP contribution < -0.4 is 10.4 Å². The molecule has 5 rings (SSSR count). The van der Waals surface area contributed by atoms with Crippen molar-refractivity contribution in [2.45, 2.75) is 31.4 Å². The molecule has 0 aromatic heterocycles. The van der Waals surface area contributed by atoms with Crippen molar-refractivity contribution in [2.75, 3.05) is 0 Å². The van der Waals surface area contributed by atoms with Gasteiger partial charge in [-0.2, -0.15) is 0 Å². The van der Waals surface area contributed by atoms with E-state index < -0.39 is 7.52 Å². The molecular weight excluding hydrogens is 353 g/mol. The van der Waals surface area contributed by atoms with E-state index in [1.165, 1.54) is 17.5 Å². The van der Waals surface area contributed by atoms with Gasteiger partial charge in [0, 0.05) is 6.04 Å². The molecule has 2 aliphatic carbocycles. The van der Waals surface area contributed by atoms with Crippen molar-refractivity contribution in [1.82, 2.24) is 5.09 Å². The van der Waals surface area contributed by atoms with E-state index >= 15 is 0 Å². The van der Waals surface area contributed by atoms with Crippen molar-refractivity contribution in [3.05, 3.63) is 90.0 Å². The number of fused-ring (bicyclic) bond motifs is 3. The first-order valence-corrected chi connectivity index (χ1v) is 11.2. The summed E-state index contributed by atoms with van der Waals surface area (Å²) in [6.45, 7) is 0. The standard InChI is InChI=1S/C23H22NO2P/c25-27(24-17-9-8-10-17,18-11-2-1-3-12-18)26-23-21-15-6-4-13-19(21)20-14-5-7-16-22(20)23/h1-7,11-17,23H,8-10H2,(H,24,25)/t27-/m0/s1. The second-order valence-electron chi connectivity index (χ2n) is 7.30. The van der Waals surface area contributed by atoms with Crippen molar-refractivity contribution >= 4 is 12.8 Å². The predicted molar refractivity (Wildman–Crippen MR) is 109 cm³/mol. The molecule has 1 N–H and O–H groups in total. The van der Waals surface area contributed by atoms with E-state index in [4.69, 9.17) is 4.52 Å². The Bertz CT molecular complexity index is 968. The normalized spacial score (nSPS) is 18.4. The molecule has 1 fully saturated rings. The van der Waals surface area contributed by atoms with Crippen LogP contribution in [0.3, 0.4) is 0 Å². The van der Waals surface area contributed by atoms with Gasteiger partial charge in [0.1, 0.15) is 6.10 Å². The van der Waals surface area contributed by atoms with Gasteiger partial charge >= 0.3 is 7.52 Å². The summed E-state index contributed by atoms with van der Waals surface area (Å²) >= 11 is 0. The first kappa shape index (κ1) is 16.9. The maximum Gasteiger partial charge on any atom is 0.300 e. The molecule has 0 amide bonds. The largest absolute Gasteiger partial charge is 0.301 e. The third-order valence-electron chi connectivity index (χ3n) is 5.58. The highest BCUT2D eigenvalue weighted by atomic mass is 31.2. The summed E-state index contributed by atoms with van der Waals surface area (Å²) in [4.78, 5) is 0. The number of hydrogen-bond acceptors (Lipinski definition) is 2. The number of nitrogens with one attached hydrogen (secondary N) is 1. The quantitative estimate of drug-likeness (QED) is 0.604. The van der Waals surface area contributed by atoms with Crippen molar-refractivity contribution in [2.24, 2.45) is 0 Å². The van der Waals surface area contributed by atoms with Crippen LogP contribution in [0.5, 0.6) is 0 Å². The smallest absolute Gasteiger partial charge is 0.300 e. The lowest BCUT2D eigenvalue weighted by atomic mass is 9.94. The van der Waals surface area contributed by atoms with Gasteiger partial charge in [-0.05, 0) is 47.2 Å². The highest BCUT2D eigenvalue weighted by molar-refractivity contribution is 7.65. The highest BCUT2D eigenvalue weighted by Crippen LogP contribution is 2.54. The molecule has 3 aromatic rings. The first-order chi connectivity index (χ1) is 13.2. The molecule has 4 heteroatoms.